The molecule has 1 aromatic rings. The third kappa shape index (κ3) is 6.56. The molecule has 2 saturated heterocycles. The Hall–Kier alpha value is -2.41. The number of ether oxygens (including phenoxy) is 1. The zero-order chi connectivity index (χ0) is 20.5. The van der Waals surface area contributed by atoms with Crippen LogP contribution in [0.25, 0.3) is 0 Å². The molecule has 3 rings (SSSR count). The minimum atomic E-state index is -0.715. The summed E-state index contributed by atoms with van der Waals surface area (Å²) in [6.45, 7) is 0.126. The van der Waals surface area contributed by atoms with E-state index in [9.17, 15) is 9.59 Å². The van der Waals surface area contributed by atoms with Gasteiger partial charge in [0.25, 0.3) is 0 Å². The van der Waals surface area contributed by atoms with Crippen molar-refractivity contribution in [3.05, 3.63) is 30.3 Å². The van der Waals surface area contributed by atoms with Crippen LogP contribution in [-0.2, 0) is 14.3 Å². The van der Waals surface area contributed by atoms with Crippen LogP contribution in [0, 0.1) is 11.8 Å². The molecule has 2 aliphatic heterocycles. The minimum absolute atomic E-state index is 0.126. The van der Waals surface area contributed by atoms with Gasteiger partial charge in [0.15, 0.2) is 0 Å². The fraction of sp³-hybridized carbons (Fsp3) is 0.591. The first-order chi connectivity index (χ1) is 14.1. The quantitative estimate of drug-likeness (QED) is 0.283. The smallest absolute Gasteiger partial charge is 0.303 e. The van der Waals surface area contributed by atoms with Gasteiger partial charge in [-0.15, -0.1) is 0 Å². The average Bonchev–Trinajstić information content (AvgIpc) is 3.30. The number of fused-ring (bicyclic) bond motifs is 2. The van der Waals surface area contributed by atoms with Gasteiger partial charge in [-0.2, -0.15) is 5.10 Å². The van der Waals surface area contributed by atoms with Gasteiger partial charge in [-0.25, -0.2) is 0 Å². The number of hydrogen-bond donors (Lipinski definition) is 3. The Labute approximate surface area is 171 Å². The number of carboxylic acid groups (broad SMARTS) is 1. The zero-order valence-corrected chi connectivity index (χ0v) is 16.8. The lowest BCUT2D eigenvalue weighted by atomic mass is 9.77. The molecule has 4 unspecified atom stereocenters. The maximum atomic E-state index is 12.0. The fourth-order valence-electron chi connectivity index (χ4n) is 4.39. The maximum Gasteiger partial charge on any atom is 0.303 e. The summed E-state index contributed by atoms with van der Waals surface area (Å²) < 4.78 is 6.09. The second-order valence-electron chi connectivity index (χ2n) is 7.91. The Bertz CT molecular complexity index is 695. The molecule has 1 amide bonds. The van der Waals surface area contributed by atoms with Crippen LogP contribution in [-0.4, -0.2) is 42.0 Å². The number of amides is 1. The molecule has 2 heterocycles. The number of unbranched alkanes of at least 4 members (excludes halogenated alkanes) is 3. The molecule has 7 heteroatoms. The molecule has 2 fully saturated rings. The number of para-hydroxylation sites is 1. The first kappa shape index (κ1) is 21.3. The summed E-state index contributed by atoms with van der Waals surface area (Å²) in [6, 6.07) is 9.35. The number of rotatable bonds is 12. The van der Waals surface area contributed by atoms with E-state index < -0.39 is 5.97 Å². The maximum absolute atomic E-state index is 12.0. The number of nitrogens with zero attached hydrogens (tertiary/aromatic N) is 1. The van der Waals surface area contributed by atoms with Crippen LogP contribution in [0.15, 0.2) is 35.4 Å². The first-order valence-electron chi connectivity index (χ1n) is 10.6. The topological polar surface area (TPSA) is 100 Å². The number of nitrogens with one attached hydrogen (secondary N) is 2. The highest BCUT2D eigenvalue weighted by molar-refractivity contribution is 5.92. The van der Waals surface area contributed by atoms with Gasteiger partial charge in [-0.05, 0) is 43.7 Å². The van der Waals surface area contributed by atoms with E-state index in [-0.39, 0.29) is 30.9 Å². The summed E-state index contributed by atoms with van der Waals surface area (Å²) in [4.78, 5) is 22.5. The van der Waals surface area contributed by atoms with E-state index in [0.29, 0.717) is 12.0 Å². The molecule has 4 atom stereocenters. The second kappa shape index (κ2) is 11.0. The normalized spacial score (nSPS) is 25.4. The van der Waals surface area contributed by atoms with Gasteiger partial charge in [0.05, 0.1) is 12.2 Å². The number of aliphatic carboxylic acids is 1. The molecule has 7 nitrogen and oxygen atoms in total. The lowest BCUT2D eigenvalue weighted by Gasteiger charge is -2.25. The van der Waals surface area contributed by atoms with Crippen molar-refractivity contribution in [3.8, 4) is 0 Å². The average molecular weight is 402 g/mol. The van der Waals surface area contributed by atoms with Crippen molar-refractivity contribution in [2.45, 2.75) is 63.6 Å². The highest BCUT2D eigenvalue weighted by Gasteiger charge is 2.47. The fourth-order valence-corrected chi connectivity index (χ4v) is 4.39. The summed E-state index contributed by atoms with van der Waals surface area (Å²) in [5, 5.41) is 15.8. The van der Waals surface area contributed by atoms with Crippen LogP contribution < -0.4 is 10.7 Å². The molecule has 0 radical (unpaired) electrons. The number of carbonyl (C=O) groups excluding carboxylic acids is 1. The molecule has 2 bridgehead atoms. The Morgan fingerprint density at radius 3 is 2.66 bits per heavy atom. The first-order valence-corrected chi connectivity index (χ1v) is 10.6. The minimum Gasteiger partial charge on any atom is -0.481 e. The number of carbonyl (C=O) groups is 2. The van der Waals surface area contributed by atoms with Crippen molar-refractivity contribution >= 4 is 23.8 Å². The van der Waals surface area contributed by atoms with E-state index in [1.165, 1.54) is 0 Å². The Morgan fingerprint density at radius 2 is 1.86 bits per heavy atom. The third-order valence-electron chi connectivity index (χ3n) is 5.80. The highest BCUT2D eigenvalue weighted by atomic mass is 16.5. The van der Waals surface area contributed by atoms with Crippen molar-refractivity contribution in [1.29, 1.82) is 0 Å². The van der Waals surface area contributed by atoms with Gasteiger partial charge in [0.1, 0.15) is 6.54 Å². The van der Waals surface area contributed by atoms with E-state index >= 15 is 0 Å². The highest BCUT2D eigenvalue weighted by Crippen LogP contribution is 2.44. The summed E-state index contributed by atoms with van der Waals surface area (Å²) in [5.41, 5.74) is 3.62. The summed E-state index contributed by atoms with van der Waals surface area (Å²) in [5.74, 6) is -0.0856. The van der Waals surface area contributed by atoms with Gasteiger partial charge in [0, 0.05) is 24.2 Å². The number of anilines is 1. The molecule has 1 aromatic carbocycles. The SMILES string of the molecule is O=C(O)CCCCCCC1C2CCC(O2)C1C=NNCC(=O)Nc1ccccc1. The second-order valence-corrected chi connectivity index (χ2v) is 7.91. The van der Waals surface area contributed by atoms with Gasteiger partial charge >= 0.3 is 5.97 Å². The van der Waals surface area contributed by atoms with Crippen LogP contribution in [0.4, 0.5) is 5.69 Å². The zero-order valence-electron chi connectivity index (χ0n) is 16.8. The standard InChI is InChI=1S/C22H31N3O4/c26-21(25-16-8-4-3-5-9-16)15-24-23-14-18-17(19-12-13-20(18)29-19)10-6-1-2-7-11-22(27)28/h3-5,8-9,14,17-20,24H,1-2,6-7,10-13,15H2,(H,25,26)(H,27,28). The van der Waals surface area contributed by atoms with Crippen molar-refractivity contribution in [2.24, 2.45) is 16.9 Å². The van der Waals surface area contributed by atoms with E-state index in [1.807, 2.05) is 36.5 Å². The van der Waals surface area contributed by atoms with Crippen molar-refractivity contribution in [3.63, 3.8) is 0 Å². The van der Waals surface area contributed by atoms with Gasteiger partial charge in [-0.1, -0.05) is 37.5 Å². The molecule has 0 aliphatic carbocycles. The van der Waals surface area contributed by atoms with Crippen molar-refractivity contribution < 1.29 is 19.4 Å². The Kier molecular flexibility index (Phi) is 8.04. The molecule has 29 heavy (non-hydrogen) atoms. The molecule has 2 aliphatic rings. The van der Waals surface area contributed by atoms with Gasteiger partial charge in [-0.3, -0.25) is 9.59 Å². The summed E-state index contributed by atoms with van der Waals surface area (Å²) >= 11 is 0. The molecule has 158 valence electrons. The lowest BCUT2D eigenvalue weighted by molar-refractivity contribution is -0.137. The Balaban J connectivity index is 1.37. The number of hydrazone groups is 1. The van der Waals surface area contributed by atoms with Crippen molar-refractivity contribution in [1.82, 2.24) is 5.43 Å². The van der Waals surface area contributed by atoms with E-state index in [4.69, 9.17) is 9.84 Å². The van der Waals surface area contributed by atoms with E-state index in [1.54, 1.807) is 0 Å². The number of carboxylic acids is 1. The molecule has 0 aromatic heterocycles. The monoisotopic (exact) mass is 401 g/mol. The van der Waals surface area contributed by atoms with Crippen LogP contribution in [0.5, 0.6) is 0 Å². The van der Waals surface area contributed by atoms with Crippen LogP contribution >= 0.6 is 0 Å². The summed E-state index contributed by atoms with van der Waals surface area (Å²) in [6.07, 6.45) is 9.88. The lowest BCUT2D eigenvalue weighted by Crippen LogP contribution is -2.30. The predicted octanol–water partition coefficient (Wildman–Crippen LogP) is 3.42. The predicted molar refractivity (Wildman–Crippen MR) is 112 cm³/mol. The van der Waals surface area contributed by atoms with Gasteiger partial charge < -0.3 is 20.6 Å². The number of hydrogen-bond acceptors (Lipinski definition) is 5. The molecular weight excluding hydrogens is 370 g/mol. The Morgan fingerprint density at radius 1 is 1.10 bits per heavy atom. The van der Waals surface area contributed by atoms with E-state index in [0.717, 1.165) is 50.6 Å². The third-order valence-corrected chi connectivity index (χ3v) is 5.80. The van der Waals surface area contributed by atoms with Crippen LogP contribution in [0.3, 0.4) is 0 Å². The molecule has 0 saturated carbocycles. The van der Waals surface area contributed by atoms with Crippen LogP contribution in [0.2, 0.25) is 0 Å². The molecular formula is C22H31N3O4. The van der Waals surface area contributed by atoms with E-state index in [2.05, 4.69) is 15.8 Å². The van der Waals surface area contributed by atoms with Crippen LogP contribution in [0.1, 0.15) is 51.4 Å². The van der Waals surface area contributed by atoms with Crippen molar-refractivity contribution in [2.75, 3.05) is 11.9 Å². The number of benzene rings is 1. The molecule has 0 spiro atoms. The largest absolute Gasteiger partial charge is 0.481 e. The molecule has 3 N–H and O–H groups in total. The summed E-state index contributed by atoms with van der Waals surface area (Å²) in [7, 11) is 0. The van der Waals surface area contributed by atoms with Gasteiger partial charge in [0.2, 0.25) is 5.91 Å².